The fraction of sp³-hybridized carbons (Fsp3) is 1.00. The Bertz CT molecular complexity index is 31.7. The summed E-state index contributed by atoms with van der Waals surface area (Å²) < 4.78 is 0. The minimum Gasteiger partial charge on any atom is -0.396 e. The van der Waals surface area contributed by atoms with Crippen LogP contribution in [0.25, 0.3) is 0 Å². The number of aliphatic hydroxyl groups is 1. The molecule has 0 radical (unpaired) electrons. The van der Waals surface area contributed by atoms with E-state index in [1.54, 1.807) is 0 Å². The van der Waals surface area contributed by atoms with Crippen LogP contribution in [-0.2, 0) is 0 Å². The molecular weight excluding hydrogens is 124 g/mol. The van der Waals surface area contributed by atoms with E-state index in [1.165, 1.54) is 25.7 Å². The maximum atomic E-state index is 8.29. The Balaban J connectivity index is 0. The third kappa shape index (κ3) is 24.6. The first-order valence-corrected chi connectivity index (χ1v) is 4.44. The largest absolute Gasteiger partial charge is 0.396 e. The van der Waals surface area contributed by atoms with E-state index in [2.05, 4.69) is 20.8 Å². The van der Waals surface area contributed by atoms with Crippen LogP contribution in [0.3, 0.4) is 0 Å². The maximum absolute atomic E-state index is 8.29. The summed E-state index contributed by atoms with van der Waals surface area (Å²) in [7, 11) is 0. The lowest BCUT2D eigenvalue weighted by atomic mass is 10.2. The SMILES string of the molecule is CCC.CCCCCCO. The Labute approximate surface area is 65.5 Å². The van der Waals surface area contributed by atoms with Crippen molar-refractivity contribution in [1.82, 2.24) is 0 Å². The minimum absolute atomic E-state index is 0.361. The van der Waals surface area contributed by atoms with Crippen LogP contribution in [0.2, 0.25) is 0 Å². The van der Waals surface area contributed by atoms with E-state index in [1.807, 2.05) is 0 Å². The molecule has 0 aromatic carbocycles. The highest BCUT2D eigenvalue weighted by molar-refractivity contribution is 4.35. The van der Waals surface area contributed by atoms with Crippen molar-refractivity contribution < 1.29 is 5.11 Å². The first kappa shape index (κ1) is 12.6. The van der Waals surface area contributed by atoms with Gasteiger partial charge in [0.1, 0.15) is 0 Å². The molecule has 0 aliphatic rings. The molecule has 0 aromatic heterocycles. The summed E-state index contributed by atoms with van der Waals surface area (Å²) >= 11 is 0. The van der Waals surface area contributed by atoms with Crippen molar-refractivity contribution in [1.29, 1.82) is 0 Å². The van der Waals surface area contributed by atoms with Crippen LogP contribution in [0.1, 0.15) is 52.9 Å². The lowest BCUT2D eigenvalue weighted by Gasteiger charge is -1.90. The summed E-state index contributed by atoms with van der Waals surface area (Å²) in [6.45, 7) is 6.78. The molecule has 0 bridgehead atoms. The molecule has 0 heterocycles. The van der Waals surface area contributed by atoms with Gasteiger partial charge in [-0.25, -0.2) is 0 Å². The molecule has 0 saturated carbocycles. The minimum atomic E-state index is 0.361. The Hall–Kier alpha value is -0.0400. The molecule has 0 saturated heterocycles. The van der Waals surface area contributed by atoms with Gasteiger partial charge in [0.05, 0.1) is 0 Å². The molecule has 0 aliphatic heterocycles. The predicted octanol–water partition coefficient (Wildman–Crippen LogP) is 2.98. The second-order valence-corrected chi connectivity index (χ2v) is 2.49. The molecule has 0 atom stereocenters. The zero-order chi connectivity index (χ0) is 8.24. The molecule has 1 heteroatoms. The van der Waals surface area contributed by atoms with E-state index in [9.17, 15) is 0 Å². The van der Waals surface area contributed by atoms with E-state index in [4.69, 9.17) is 5.11 Å². The first-order chi connectivity index (χ1) is 4.83. The van der Waals surface area contributed by atoms with Gasteiger partial charge in [-0.05, 0) is 6.42 Å². The highest BCUT2D eigenvalue weighted by Crippen LogP contribution is 1.95. The molecule has 1 N–H and O–H groups in total. The second kappa shape index (κ2) is 16.0. The van der Waals surface area contributed by atoms with Crippen molar-refractivity contribution in [3.05, 3.63) is 0 Å². The van der Waals surface area contributed by atoms with Gasteiger partial charge >= 0.3 is 0 Å². The standard InChI is InChI=1S/C6H14O.C3H8/c1-2-3-4-5-6-7;1-3-2/h7H,2-6H2,1H3;3H2,1-2H3. The number of unbranched alkanes of at least 4 members (excludes halogenated alkanes) is 3. The molecule has 0 fully saturated rings. The van der Waals surface area contributed by atoms with Crippen molar-refractivity contribution >= 4 is 0 Å². The topological polar surface area (TPSA) is 20.2 Å². The summed E-state index contributed by atoms with van der Waals surface area (Å²) in [5.41, 5.74) is 0. The molecule has 64 valence electrons. The number of hydrogen-bond donors (Lipinski definition) is 1. The maximum Gasteiger partial charge on any atom is 0.0431 e. The lowest BCUT2D eigenvalue weighted by Crippen LogP contribution is -1.80. The molecular formula is C9H22O. The fourth-order valence-corrected chi connectivity index (χ4v) is 0.539. The van der Waals surface area contributed by atoms with Crippen LogP contribution in [0.4, 0.5) is 0 Å². The van der Waals surface area contributed by atoms with E-state index in [0.29, 0.717) is 6.61 Å². The molecule has 0 spiro atoms. The highest BCUT2D eigenvalue weighted by atomic mass is 16.2. The van der Waals surface area contributed by atoms with E-state index >= 15 is 0 Å². The lowest BCUT2D eigenvalue weighted by molar-refractivity contribution is 0.283. The van der Waals surface area contributed by atoms with Crippen molar-refractivity contribution in [2.24, 2.45) is 0 Å². The normalized spacial score (nSPS) is 8.40. The van der Waals surface area contributed by atoms with Gasteiger partial charge in [-0.15, -0.1) is 0 Å². The van der Waals surface area contributed by atoms with Crippen LogP contribution in [-0.4, -0.2) is 11.7 Å². The Morgan fingerprint density at radius 2 is 1.40 bits per heavy atom. The van der Waals surface area contributed by atoms with Crippen LogP contribution in [0.5, 0.6) is 0 Å². The molecule has 0 rings (SSSR count). The fourth-order valence-electron chi connectivity index (χ4n) is 0.539. The van der Waals surface area contributed by atoms with Crippen molar-refractivity contribution in [2.75, 3.05) is 6.61 Å². The van der Waals surface area contributed by atoms with Gasteiger partial charge < -0.3 is 5.11 Å². The van der Waals surface area contributed by atoms with Crippen LogP contribution in [0.15, 0.2) is 0 Å². The molecule has 10 heavy (non-hydrogen) atoms. The third-order valence-corrected chi connectivity index (χ3v) is 1.01. The molecule has 1 nitrogen and oxygen atoms in total. The smallest absolute Gasteiger partial charge is 0.0431 e. The summed E-state index contributed by atoms with van der Waals surface area (Å²) in [5, 5.41) is 8.29. The third-order valence-electron chi connectivity index (χ3n) is 1.01. The van der Waals surface area contributed by atoms with Gasteiger partial charge in [-0.3, -0.25) is 0 Å². The van der Waals surface area contributed by atoms with Gasteiger partial charge in [0.15, 0.2) is 0 Å². The number of rotatable bonds is 4. The van der Waals surface area contributed by atoms with Crippen LogP contribution in [0, 0.1) is 0 Å². The monoisotopic (exact) mass is 146 g/mol. The highest BCUT2D eigenvalue weighted by Gasteiger charge is 1.80. The summed E-state index contributed by atoms with van der Waals surface area (Å²) in [5.74, 6) is 0. The average Bonchev–Trinajstić information content (AvgIpc) is 1.91. The van der Waals surface area contributed by atoms with Crippen molar-refractivity contribution in [3.8, 4) is 0 Å². The Kier molecular flexibility index (Phi) is 20.2. The first-order valence-electron chi connectivity index (χ1n) is 4.44. The van der Waals surface area contributed by atoms with E-state index in [-0.39, 0.29) is 0 Å². The quantitative estimate of drug-likeness (QED) is 0.604. The van der Waals surface area contributed by atoms with Gasteiger partial charge in [-0.1, -0.05) is 46.5 Å². The predicted molar refractivity (Wildman–Crippen MR) is 47.2 cm³/mol. The molecule has 0 aliphatic carbocycles. The molecule has 0 amide bonds. The van der Waals surface area contributed by atoms with Gasteiger partial charge in [0.25, 0.3) is 0 Å². The number of aliphatic hydroxyl groups excluding tert-OH is 1. The molecule has 0 aromatic rings. The summed E-state index contributed by atoms with van der Waals surface area (Å²) in [4.78, 5) is 0. The second-order valence-electron chi connectivity index (χ2n) is 2.49. The van der Waals surface area contributed by atoms with Gasteiger partial charge in [-0.2, -0.15) is 0 Å². The van der Waals surface area contributed by atoms with Crippen LogP contribution >= 0.6 is 0 Å². The number of hydrogen-bond acceptors (Lipinski definition) is 1. The zero-order valence-corrected chi connectivity index (χ0v) is 7.69. The van der Waals surface area contributed by atoms with Crippen LogP contribution < -0.4 is 0 Å². The van der Waals surface area contributed by atoms with E-state index < -0.39 is 0 Å². The van der Waals surface area contributed by atoms with Crippen molar-refractivity contribution in [2.45, 2.75) is 52.9 Å². The molecule has 0 unspecified atom stereocenters. The van der Waals surface area contributed by atoms with Gasteiger partial charge in [0, 0.05) is 6.61 Å². The summed E-state index contributed by atoms with van der Waals surface area (Å²) in [6, 6.07) is 0. The summed E-state index contributed by atoms with van der Waals surface area (Å²) in [6.07, 6.45) is 5.93. The zero-order valence-electron chi connectivity index (χ0n) is 7.69. The Morgan fingerprint density at radius 3 is 1.70 bits per heavy atom. The Morgan fingerprint density at radius 1 is 0.900 bits per heavy atom. The van der Waals surface area contributed by atoms with Gasteiger partial charge in [0.2, 0.25) is 0 Å². The average molecular weight is 146 g/mol. The van der Waals surface area contributed by atoms with E-state index in [0.717, 1.165) is 6.42 Å². The van der Waals surface area contributed by atoms with Crippen molar-refractivity contribution in [3.63, 3.8) is 0 Å².